The minimum atomic E-state index is -0.385. The molecule has 23 heavy (non-hydrogen) atoms. The molecule has 1 heterocycles. The number of carbonyl (C=O) groups excluding carboxylic acids is 1. The molecule has 0 aliphatic heterocycles. The molecule has 1 atom stereocenters. The Labute approximate surface area is 134 Å². The first-order chi connectivity index (χ1) is 11.1. The lowest BCUT2D eigenvalue weighted by atomic mass is 10.2. The summed E-state index contributed by atoms with van der Waals surface area (Å²) in [5, 5.41) is 5.95. The van der Waals surface area contributed by atoms with Crippen LogP contribution in [0, 0.1) is 0 Å². The number of H-pyrrole nitrogens is 1. The lowest BCUT2D eigenvalue weighted by Crippen LogP contribution is -2.39. The second kappa shape index (κ2) is 7.98. The van der Waals surface area contributed by atoms with E-state index in [2.05, 4.69) is 20.6 Å². The van der Waals surface area contributed by atoms with Crippen molar-refractivity contribution in [3.63, 3.8) is 0 Å². The highest BCUT2D eigenvalue weighted by molar-refractivity contribution is 5.84. The van der Waals surface area contributed by atoms with E-state index in [-0.39, 0.29) is 24.1 Å². The summed E-state index contributed by atoms with van der Waals surface area (Å²) in [4.78, 5) is 29.9. The number of ether oxygens (including phenoxy) is 1. The smallest absolute Gasteiger partial charge is 0.250 e. The van der Waals surface area contributed by atoms with Gasteiger partial charge in [0.15, 0.2) is 0 Å². The van der Waals surface area contributed by atoms with Gasteiger partial charge in [0.25, 0.3) is 5.56 Å². The van der Waals surface area contributed by atoms with Crippen molar-refractivity contribution in [1.29, 1.82) is 0 Å². The molecule has 0 bridgehead atoms. The molecular formula is C16H20N4O3. The van der Waals surface area contributed by atoms with Crippen LogP contribution in [0.15, 0.2) is 41.5 Å². The van der Waals surface area contributed by atoms with Crippen molar-refractivity contribution >= 4 is 11.6 Å². The van der Waals surface area contributed by atoms with Crippen LogP contribution in [-0.4, -0.2) is 29.0 Å². The average molecular weight is 316 g/mol. The van der Waals surface area contributed by atoms with Gasteiger partial charge < -0.3 is 20.4 Å². The Morgan fingerprint density at radius 3 is 2.91 bits per heavy atom. The summed E-state index contributed by atoms with van der Waals surface area (Å²) in [6, 6.07) is 8.36. The molecule has 3 N–H and O–H groups in total. The molecule has 1 aromatic heterocycles. The third-order valence-electron chi connectivity index (χ3n) is 3.31. The number of methoxy groups -OCH3 is 1. The quantitative estimate of drug-likeness (QED) is 0.715. The topological polar surface area (TPSA) is 96.1 Å². The summed E-state index contributed by atoms with van der Waals surface area (Å²) in [5.41, 5.74) is 1.07. The molecule has 7 nitrogen and oxygen atoms in total. The van der Waals surface area contributed by atoms with E-state index in [0.717, 1.165) is 11.4 Å². The zero-order valence-electron chi connectivity index (χ0n) is 13.1. The summed E-state index contributed by atoms with van der Waals surface area (Å²) in [5.74, 6) is 0.565. The van der Waals surface area contributed by atoms with E-state index in [1.54, 1.807) is 7.11 Å². The summed E-state index contributed by atoms with van der Waals surface area (Å²) in [6.45, 7) is 2.13. The standard InChI is InChI=1S/C16H20N4O3/c1-3-14(20-11-5-4-6-13(7-11)23-2)16(22)17-9-12-8-15(21)19-10-18-12/h4-8,10,14,20H,3,9H2,1-2H3,(H,17,22)(H,18,19,21)/t14-/m1/s1. The first-order valence-electron chi connectivity index (χ1n) is 7.34. The summed E-state index contributed by atoms with van der Waals surface area (Å²) in [6.07, 6.45) is 1.93. The number of hydrogen-bond donors (Lipinski definition) is 3. The molecule has 0 saturated heterocycles. The molecule has 1 amide bonds. The van der Waals surface area contributed by atoms with Gasteiger partial charge in [0, 0.05) is 17.8 Å². The van der Waals surface area contributed by atoms with Crippen molar-refractivity contribution in [2.45, 2.75) is 25.9 Å². The Hall–Kier alpha value is -2.83. The summed E-state index contributed by atoms with van der Waals surface area (Å²) >= 11 is 0. The highest BCUT2D eigenvalue weighted by Gasteiger charge is 2.16. The Morgan fingerprint density at radius 1 is 1.39 bits per heavy atom. The molecule has 0 aliphatic rings. The van der Waals surface area contributed by atoms with Gasteiger partial charge in [0.05, 0.1) is 25.7 Å². The van der Waals surface area contributed by atoms with Crippen LogP contribution in [0.3, 0.4) is 0 Å². The monoisotopic (exact) mass is 316 g/mol. The highest BCUT2D eigenvalue weighted by atomic mass is 16.5. The Bertz CT molecular complexity index is 714. The predicted octanol–water partition coefficient (Wildman–Crippen LogP) is 1.29. The molecule has 7 heteroatoms. The minimum Gasteiger partial charge on any atom is -0.497 e. The van der Waals surface area contributed by atoms with Crippen molar-refractivity contribution in [2.75, 3.05) is 12.4 Å². The van der Waals surface area contributed by atoms with Crippen LogP contribution in [0.1, 0.15) is 19.0 Å². The lowest BCUT2D eigenvalue weighted by molar-refractivity contribution is -0.122. The molecule has 2 aromatic rings. The lowest BCUT2D eigenvalue weighted by Gasteiger charge is -2.18. The normalized spacial score (nSPS) is 11.6. The van der Waals surface area contributed by atoms with Crippen molar-refractivity contribution < 1.29 is 9.53 Å². The Morgan fingerprint density at radius 2 is 2.22 bits per heavy atom. The van der Waals surface area contributed by atoms with Crippen LogP contribution in [0.2, 0.25) is 0 Å². The van der Waals surface area contributed by atoms with Gasteiger partial charge in [-0.25, -0.2) is 4.98 Å². The van der Waals surface area contributed by atoms with Crippen LogP contribution >= 0.6 is 0 Å². The van der Waals surface area contributed by atoms with Crippen molar-refractivity contribution in [3.8, 4) is 5.75 Å². The summed E-state index contributed by atoms with van der Waals surface area (Å²) in [7, 11) is 1.59. The van der Waals surface area contributed by atoms with Gasteiger partial charge in [-0.2, -0.15) is 0 Å². The Balaban J connectivity index is 1.96. The molecule has 0 spiro atoms. The van der Waals surface area contributed by atoms with Gasteiger partial charge in [0.1, 0.15) is 11.8 Å². The van der Waals surface area contributed by atoms with Crippen LogP contribution < -0.4 is 20.9 Å². The molecule has 0 fully saturated rings. The highest BCUT2D eigenvalue weighted by Crippen LogP contribution is 2.18. The number of carbonyl (C=O) groups is 1. The van der Waals surface area contributed by atoms with Gasteiger partial charge in [0.2, 0.25) is 5.91 Å². The fourth-order valence-electron chi connectivity index (χ4n) is 2.07. The largest absolute Gasteiger partial charge is 0.497 e. The maximum Gasteiger partial charge on any atom is 0.250 e. The molecular weight excluding hydrogens is 296 g/mol. The maximum absolute atomic E-state index is 12.3. The van der Waals surface area contributed by atoms with E-state index >= 15 is 0 Å². The first-order valence-corrected chi connectivity index (χ1v) is 7.34. The number of aromatic amines is 1. The maximum atomic E-state index is 12.3. The fraction of sp³-hybridized carbons (Fsp3) is 0.312. The molecule has 0 radical (unpaired) electrons. The van der Waals surface area contributed by atoms with Crippen LogP contribution in [-0.2, 0) is 11.3 Å². The molecule has 0 aliphatic carbocycles. The van der Waals surface area contributed by atoms with E-state index in [0.29, 0.717) is 12.1 Å². The number of amides is 1. The van der Waals surface area contributed by atoms with Crippen LogP contribution in [0.25, 0.3) is 0 Å². The van der Waals surface area contributed by atoms with Gasteiger partial charge in [-0.1, -0.05) is 13.0 Å². The Kier molecular flexibility index (Phi) is 5.74. The molecule has 1 aromatic carbocycles. The minimum absolute atomic E-state index is 0.155. The predicted molar refractivity (Wildman–Crippen MR) is 87.4 cm³/mol. The number of nitrogens with zero attached hydrogens (tertiary/aromatic N) is 1. The van der Waals surface area contributed by atoms with Crippen LogP contribution in [0.4, 0.5) is 5.69 Å². The van der Waals surface area contributed by atoms with Crippen LogP contribution in [0.5, 0.6) is 5.75 Å². The van der Waals surface area contributed by atoms with Crippen molar-refractivity contribution in [1.82, 2.24) is 15.3 Å². The second-order valence-corrected chi connectivity index (χ2v) is 4.96. The number of aromatic nitrogens is 2. The van der Waals surface area contributed by atoms with Gasteiger partial charge in [-0.3, -0.25) is 9.59 Å². The number of nitrogens with one attached hydrogen (secondary N) is 3. The third-order valence-corrected chi connectivity index (χ3v) is 3.31. The number of anilines is 1. The average Bonchev–Trinajstić information content (AvgIpc) is 2.58. The molecule has 2 rings (SSSR count). The summed E-state index contributed by atoms with van der Waals surface area (Å²) < 4.78 is 5.17. The zero-order chi connectivity index (χ0) is 16.7. The number of rotatable bonds is 7. The number of benzene rings is 1. The SMILES string of the molecule is CC[C@@H](Nc1cccc(OC)c1)C(=O)NCc1cc(=O)[nH]cn1. The van der Waals surface area contributed by atoms with E-state index < -0.39 is 0 Å². The van der Waals surface area contributed by atoms with E-state index in [4.69, 9.17) is 4.74 Å². The van der Waals surface area contributed by atoms with E-state index in [9.17, 15) is 9.59 Å². The van der Waals surface area contributed by atoms with Gasteiger partial charge in [-0.05, 0) is 18.6 Å². The van der Waals surface area contributed by atoms with E-state index in [1.165, 1.54) is 12.4 Å². The second-order valence-electron chi connectivity index (χ2n) is 4.96. The van der Waals surface area contributed by atoms with Gasteiger partial charge in [-0.15, -0.1) is 0 Å². The fourth-order valence-corrected chi connectivity index (χ4v) is 2.07. The molecule has 0 unspecified atom stereocenters. The van der Waals surface area contributed by atoms with Crippen molar-refractivity contribution in [2.24, 2.45) is 0 Å². The molecule has 0 saturated carbocycles. The third kappa shape index (κ3) is 4.84. The van der Waals surface area contributed by atoms with E-state index in [1.807, 2.05) is 31.2 Å². The zero-order valence-corrected chi connectivity index (χ0v) is 13.1. The van der Waals surface area contributed by atoms with Gasteiger partial charge >= 0.3 is 0 Å². The molecule has 122 valence electrons. The van der Waals surface area contributed by atoms with Crippen molar-refractivity contribution in [3.05, 3.63) is 52.7 Å². The first kappa shape index (κ1) is 16.5. The number of hydrogen-bond acceptors (Lipinski definition) is 5.